The number of nitrogens with one attached hydrogen (secondary N) is 3. The van der Waals surface area contributed by atoms with Gasteiger partial charge >= 0.3 is 12.0 Å². The first-order chi connectivity index (χ1) is 22.2. The lowest BCUT2D eigenvalue weighted by atomic mass is 9.95. The first kappa shape index (κ1) is 34.1. The monoisotopic (exact) mass is 696 g/mol. The molecule has 0 aromatic heterocycles. The zero-order valence-electron chi connectivity index (χ0n) is 26.0. The SMILES string of the molecule is CCOc1cc([C@@H]2NC(=O)NC(C)=C2C(=O)OC)ccc1OC[C@@H](O)N/N=C\c1cc(Br)c(OCc2ccccc2)c(OCC)c1. The first-order valence-electron chi connectivity index (χ1n) is 14.6. The van der Waals surface area contributed by atoms with Crippen molar-refractivity contribution in [3.05, 3.63) is 93.1 Å². The van der Waals surface area contributed by atoms with Crippen molar-refractivity contribution in [2.24, 2.45) is 5.10 Å². The van der Waals surface area contributed by atoms with Crippen molar-refractivity contribution in [1.82, 2.24) is 16.1 Å². The predicted octanol–water partition coefficient (Wildman–Crippen LogP) is 4.95. The minimum absolute atomic E-state index is 0.159. The summed E-state index contributed by atoms with van der Waals surface area (Å²) in [6.45, 7) is 6.33. The van der Waals surface area contributed by atoms with Crippen molar-refractivity contribution in [3.8, 4) is 23.0 Å². The van der Waals surface area contributed by atoms with Gasteiger partial charge in [0.15, 0.2) is 29.2 Å². The molecule has 1 aliphatic heterocycles. The molecule has 0 bridgehead atoms. The Hall–Kier alpha value is -4.75. The van der Waals surface area contributed by atoms with Crippen LogP contribution in [-0.2, 0) is 16.1 Å². The van der Waals surface area contributed by atoms with E-state index < -0.39 is 24.3 Å². The number of rotatable bonds is 15. The van der Waals surface area contributed by atoms with Crippen LogP contribution >= 0.6 is 15.9 Å². The Labute approximate surface area is 275 Å². The van der Waals surface area contributed by atoms with Crippen LogP contribution in [0.3, 0.4) is 0 Å². The molecule has 0 fully saturated rings. The molecule has 3 aromatic rings. The van der Waals surface area contributed by atoms with Gasteiger partial charge in [-0.1, -0.05) is 36.4 Å². The third kappa shape index (κ3) is 8.92. The summed E-state index contributed by atoms with van der Waals surface area (Å²) in [5.41, 5.74) is 5.62. The van der Waals surface area contributed by atoms with Crippen molar-refractivity contribution in [2.75, 3.05) is 26.9 Å². The lowest BCUT2D eigenvalue weighted by Gasteiger charge is -2.28. The molecule has 2 amide bonds. The van der Waals surface area contributed by atoms with Crippen LogP contribution in [0.1, 0.15) is 43.5 Å². The number of urea groups is 1. The summed E-state index contributed by atoms with van der Waals surface area (Å²) >= 11 is 3.57. The minimum Gasteiger partial charge on any atom is -0.490 e. The van der Waals surface area contributed by atoms with Crippen LogP contribution in [-0.4, -0.2) is 56.5 Å². The molecule has 13 heteroatoms. The summed E-state index contributed by atoms with van der Waals surface area (Å²) < 4.78 is 29.0. The second-order valence-corrected chi connectivity index (χ2v) is 10.8. The fraction of sp³-hybridized carbons (Fsp3) is 0.303. The zero-order valence-corrected chi connectivity index (χ0v) is 27.6. The summed E-state index contributed by atoms with van der Waals surface area (Å²) in [7, 11) is 1.28. The van der Waals surface area contributed by atoms with Crippen molar-refractivity contribution < 1.29 is 38.4 Å². The summed E-state index contributed by atoms with van der Waals surface area (Å²) in [4.78, 5) is 24.6. The molecule has 0 unspecified atom stereocenters. The zero-order chi connectivity index (χ0) is 33.1. The van der Waals surface area contributed by atoms with Gasteiger partial charge in [0, 0.05) is 5.70 Å². The number of esters is 1. The van der Waals surface area contributed by atoms with Crippen LogP contribution in [0.4, 0.5) is 4.79 Å². The maximum atomic E-state index is 12.5. The summed E-state index contributed by atoms with van der Waals surface area (Å²) in [5.74, 6) is 1.28. The van der Waals surface area contributed by atoms with Gasteiger partial charge in [0.25, 0.3) is 0 Å². The average molecular weight is 698 g/mol. The lowest BCUT2D eigenvalue weighted by molar-refractivity contribution is -0.136. The molecular weight excluding hydrogens is 660 g/mol. The Balaban J connectivity index is 1.40. The number of amides is 2. The number of aliphatic hydroxyl groups is 1. The Kier molecular flexibility index (Phi) is 12.3. The quantitative estimate of drug-likeness (QED) is 0.0750. The van der Waals surface area contributed by atoms with E-state index >= 15 is 0 Å². The maximum absolute atomic E-state index is 12.5. The Morgan fingerprint density at radius 2 is 1.76 bits per heavy atom. The molecule has 0 aliphatic carbocycles. The molecule has 0 saturated heterocycles. The van der Waals surface area contributed by atoms with Crippen LogP contribution in [0.15, 0.2) is 81.5 Å². The maximum Gasteiger partial charge on any atom is 0.337 e. The fourth-order valence-electron chi connectivity index (χ4n) is 4.62. The van der Waals surface area contributed by atoms with Gasteiger partial charge in [0.2, 0.25) is 0 Å². The molecule has 244 valence electrons. The first-order valence-corrected chi connectivity index (χ1v) is 15.4. The second kappa shape index (κ2) is 16.5. The highest BCUT2D eigenvalue weighted by atomic mass is 79.9. The third-order valence-electron chi connectivity index (χ3n) is 6.67. The van der Waals surface area contributed by atoms with Gasteiger partial charge in [-0.15, -0.1) is 0 Å². The van der Waals surface area contributed by atoms with Gasteiger partial charge in [0.05, 0.1) is 42.6 Å². The molecular formula is C33H37BrN4O8. The van der Waals surface area contributed by atoms with E-state index in [1.165, 1.54) is 7.11 Å². The van der Waals surface area contributed by atoms with Crippen LogP contribution in [0, 0.1) is 0 Å². The Bertz CT molecular complexity index is 1580. The van der Waals surface area contributed by atoms with Crippen LogP contribution < -0.4 is 35.0 Å². The van der Waals surface area contributed by atoms with Gasteiger partial charge in [-0.25, -0.2) is 9.59 Å². The number of aliphatic hydroxyl groups excluding tert-OH is 1. The van der Waals surface area contributed by atoms with Crippen LogP contribution in [0.5, 0.6) is 23.0 Å². The molecule has 4 rings (SSSR count). The topological polar surface area (TPSA) is 149 Å². The molecule has 0 spiro atoms. The Morgan fingerprint density at radius 1 is 1.02 bits per heavy atom. The highest BCUT2D eigenvalue weighted by Crippen LogP contribution is 2.37. The molecule has 3 aromatic carbocycles. The largest absolute Gasteiger partial charge is 0.490 e. The van der Waals surface area contributed by atoms with E-state index in [-0.39, 0.29) is 12.2 Å². The molecule has 4 N–H and O–H groups in total. The van der Waals surface area contributed by atoms with Crippen molar-refractivity contribution in [3.63, 3.8) is 0 Å². The number of nitrogens with zero attached hydrogens (tertiary/aromatic N) is 1. The van der Waals surface area contributed by atoms with Gasteiger partial charge in [-0.3, -0.25) is 5.43 Å². The number of hydrazone groups is 1. The molecule has 0 radical (unpaired) electrons. The van der Waals surface area contributed by atoms with E-state index in [2.05, 4.69) is 37.1 Å². The predicted molar refractivity (Wildman–Crippen MR) is 175 cm³/mol. The van der Waals surface area contributed by atoms with E-state index in [1.54, 1.807) is 37.4 Å². The summed E-state index contributed by atoms with van der Waals surface area (Å²) in [6, 6.07) is 17.3. The standard InChI is InChI=1S/C33H37BrN4O8/c1-5-43-26-16-23(30-29(32(40)42-4)20(3)36-33(41)37-30)12-13-25(26)45-19-28(39)38-35-17-22-14-24(34)31(27(15-22)44-6-2)46-18-21-10-8-7-9-11-21/h7-17,28,30,38-39H,5-6,18-19H2,1-4H3,(H2,36,37,41)/b35-17-/t28-,30+/m1/s1. The lowest BCUT2D eigenvalue weighted by Crippen LogP contribution is -2.45. The number of hydrogen-bond donors (Lipinski definition) is 4. The highest BCUT2D eigenvalue weighted by molar-refractivity contribution is 9.10. The third-order valence-corrected chi connectivity index (χ3v) is 7.26. The number of carbonyl (C=O) groups excluding carboxylic acids is 2. The number of hydrogen-bond acceptors (Lipinski definition) is 10. The number of carbonyl (C=O) groups is 2. The number of ether oxygens (including phenoxy) is 5. The number of methoxy groups -OCH3 is 1. The van der Waals surface area contributed by atoms with Crippen molar-refractivity contribution in [1.29, 1.82) is 0 Å². The summed E-state index contributed by atoms with van der Waals surface area (Å²) in [5, 5.41) is 20.0. The van der Waals surface area contributed by atoms with Crippen LogP contribution in [0.2, 0.25) is 0 Å². The van der Waals surface area contributed by atoms with Crippen molar-refractivity contribution >= 4 is 34.1 Å². The number of benzene rings is 3. The Morgan fingerprint density at radius 3 is 2.48 bits per heavy atom. The number of halogens is 1. The number of allylic oxidation sites excluding steroid dienone is 1. The molecule has 1 aliphatic rings. The molecule has 12 nitrogen and oxygen atoms in total. The van der Waals surface area contributed by atoms with Gasteiger partial charge in [0.1, 0.15) is 13.2 Å². The van der Waals surface area contributed by atoms with E-state index in [9.17, 15) is 14.7 Å². The molecule has 1 heterocycles. The fourth-order valence-corrected chi connectivity index (χ4v) is 5.19. The van der Waals surface area contributed by atoms with E-state index in [4.69, 9.17) is 23.7 Å². The van der Waals surface area contributed by atoms with Gasteiger partial charge in [-0.05, 0) is 77.7 Å². The van der Waals surface area contributed by atoms with Crippen LogP contribution in [0.25, 0.3) is 0 Å². The van der Waals surface area contributed by atoms with E-state index in [1.807, 2.05) is 50.2 Å². The average Bonchev–Trinajstić information content (AvgIpc) is 3.04. The second-order valence-electron chi connectivity index (χ2n) is 9.95. The normalized spacial score (nSPS) is 15.1. The molecule has 0 saturated carbocycles. The van der Waals surface area contributed by atoms with Gasteiger partial charge in [-0.2, -0.15) is 5.10 Å². The summed E-state index contributed by atoms with van der Waals surface area (Å²) in [6.07, 6.45) is 0.383. The van der Waals surface area contributed by atoms with Gasteiger partial charge < -0.3 is 39.4 Å². The van der Waals surface area contributed by atoms with E-state index in [0.717, 1.165) is 5.56 Å². The minimum atomic E-state index is -1.16. The molecule has 46 heavy (non-hydrogen) atoms. The van der Waals surface area contributed by atoms with E-state index in [0.29, 0.717) is 64.1 Å². The smallest absolute Gasteiger partial charge is 0.337 e. The highest BCUT2D eigenvalue weighted by Gasteiger charge is 2.32. The van der Waals surface area contributed by atoms with Crippen molar-refractivity contribution in [2.45, 2.75) is 39.6 Å². The molecule has 2 atom stereocenters.